The maximum absolute atomic E-state index is 12.4. The number of thiophene rings is 1. The number of hydrogen-bond donors (Lipinski definition) is 0. The largest absolute Gasteiger partial charge is 0.327 e. The summed E-state index contributed by atoms with van der Waals surface area (Å²) in [6.07, 6.45) is 0. The average molecular weight is 310 g/mol. The standard InChI is InChI=1S/C14H16ClN3OS/c1-7(2)18-8(3)16-11-13(18)12(17(4)14(11)19)9-5-6-10(15)20-9/h5-7,12H,1-4H3. The minimum Gasteiger partial charge on any atom is -0.327 e. The summed E-state index contributed by atoms with van der Waals surface area (Å²) < 4.78 is 2.89. The molecule has 0 N–H and O–H groups in total. The summed E-state index contributed by atoms with van der Waals surface area (Å²) in [5.74, 6) is 0.871. The summed E-state index contributed by atoms with van der Waals surface area (Å²) >= 11 is 7.56. The fraction of sp³-hybridized carbons (Fsp3) is 0.429. The smallest absolute Gasteiger partial charge is 0.275 e. The second-order valence-electron chi connectivity index (χ2n) is 5.32. The van der Waals surface area contributed by atoms with Crippen molar-refractivity contribution in [2.24, 2.45) is 0 Å². The van der Waals surface area contributed by atoms with E-state index in [0.717, 1.165) is 20.7 Å². The van der Waals surface area contributed by atoms with E-state index in [2.05, 4.69) is 23.4 Å². The van der Waals surface area contributed by atoms with Crippen LogP contribution < -0.4 is 0 Å². The van der Waals surface area contributed by atoms with Crippen LogP contribution in [0.15, 0.2) is 12.1 Å². The van der Waals surface area contributed by atoms with Crippen molar-refractivity contribution in [2.75, 3.05) is 7.05 Å². The van der Waals surface area contributed by atoms with Crippen LogP contribution in [0, 0.1) is 6.92 Å². The molecule has 1 amide bonds. The van der Waals surface area contributed by atoms with Crippen molar-refractivity contribution in [1.82, 2.24) is 14.5 Å². The van der Waals surface area contributed by atoms with Gasteiger partial charge >= 0.3 is 0 Å². The quantitative estimate of drug-likeness (QED) is 0.849. The van der Waals surface area contributed by atoms with Crippen LogP contribution in [-0.2, 0) is 0 Å². The molecule has 3 rings (SSSR count). The zero-order valence-corrected chi connectivity index (χ0v) is 13.4. The van der Waals surface area contributed by atoms with Gasteiger partial charge in [0.25, 0.3) is 5.91 Å². The number of aryl methyl sites for hydroxylation is 1. The molecule has 0 bridgehead atoms. The van der Waals surface area contributed by atoms with Crippen molar-refractivity contribution in [3.8, 4) is 0 Å². The number of imidazole rings is 1. The van der Waals surface area contributed by atoms with Gasteiger partial charge in [0.1, 0.15) is 11.9 Å². The van der Waals surface area contributed by atoms with Crippen LogP contribution in [0.25, 0.3) is 0 Å². The topological polar surface area (TPSA) is 38.1 Å². The molecular weight excluding hydrogens is 294 g/mol. The van der Waals surface area contributed by atoms with Crippen LogP contribution in [0.3, 0.4) is 0 Å². The number of fused-ring (bicyclic) bond motifs is 1. The summed E-state index contributed by atoms with van der Waals surface area (Å²) in [6, 6.07) is 4.05. The molecule has 3 heterocycles. The lowest BCUT2D eigenvalue weighted by atomic mass is 10.1. The molecule has 0 aromatic carbocycles. The fourth-order valence-corrected chi connectivity index (χ4v) is 4.11. The van der Waals surface area contributed by atoms with Gasteiger partial charge in [0.2, 0.25) is 0 Å². The van der Waals surface area contributed by atoms with Crippen molar-refractivity contribution in [1.29, 1.82) is 0 Å². The lowest BCUT2D eigenvalue weighted by Crippen LogP contribution is -2.25. The Bertz CT molecular complexity index is 689. The highest BCUT2D eigenvalue weighted by molar-refractivity contribution is 7.16. The number of nitrogens with zero attached hydrogens (tertiary/aromatic N) is 3. The number of aromatic nitrogens is 2. The molecule has 4 nitrogen and oxygen atoms in total. The Morgan fingerprint density at radius 2 is 2.10 bits per heavy atom. The molecule has 2 aromatic heterocycles. The molecule has 0 radical (unpaired) electrons. The maximum atomic E-state index is 12.4. The van der Waals surface area contributed by atoms with E-state index in [-0.39, 0.29) is 18.0 Å². The van der Waals surface area contributed by atoms with Gasteiger partial charge in [-0.1, -0.05) is 11.6 Å². The van der Waals surface area contributed by atoms with E-state index in [4.69, 9.17) is 11.6 Å². The average Bonchev–Trinajstić information content (AvgIpc) is 2.98. The monoisotopic (exact) mass is 309 g/mol. The summed E-state index contributed by atoms with van der Waals surface area (Å²) in [5.41, 5.74) is 1.57. The van der Waals surface area contributed by atoms with Crippen molar-refractivity contribution < 1.29 is 4.79 Å². The Morgan fingerprint density at radius 1 is 1.40 bits per heavy atom. The van der Waals surface area contributed by atoms with Gasteiger partial charge in [-0.25, -0.2) is 4.98 Å². The normalized spacial score (nSPS) is 18.2. The van der Waals surface area contributed by atoms with Gasteiger partial charge in [-0.05, 0) is 32.9 Å². The second kappa shape index (κ2) is 4.60. The molecule has 106 valence electrons. The van der Waals surface area contributed by atoms with Gasteiger partial charge in [-0.2, -0.15) is 0 Å². The highest BCUT2D eigenvalue weighted by Crippen LogP contribution is 2.42. The third-order valence-corrected chi connectivity index (χ3v) is 4.96. The summed E-state index contributed by atoms with van der Waals surface area (Å²) in [4.78, 5) is 19.7. The van der Waals surface area contributed by atoms with Crippen molar-refractivity contribution >= 4 is 28.8 Å². The van der Waals surface area contributed by atoms with Crippen LogP contribution in [0.2, 0.25) is 4.34 Å². The molecule has 0 saturated heterocycles. The van der Waals surface area contributed by atoms with Crippen LogP contribution in [0.1, 0.15) is 52.8 Å². The second-order valence-corrected chi connectivity index (χ2v) is 7.06. The molecule has 1 aliphatic rings. The number of hydrogen-bond acceptors (Lipinski definition) is 3. The van der Waals surface area contributed by atoms with E-state index in [1.54, 1.807) is 4.90 Å². The molecule has 20 heavy (non-hydrogen) atoms. The van der Waals surface area contributed by atoms with Crippen LogP contribution in [-0.4, -0.2) is 27.4 Å². The Balaban J connectivity index is 2.22. The van der Waals surface area contributed by atoms with Crippen LogP contribution in [0.4, 0.5) is 0 Å². The lowest BCUT2D eigenvalue weighted by Gasteiger charge is -2.23. The van der Waals surface area contributed by atoms with Gasteiger partial charge in [0.05, 0.1) is 10.0 Å². The van der Waals surface area contributed by atoms with Crippen molar-refractivity contribution in [2.45, 2.75) is 32.9 Å². The first-order chi connectivity index (χ1) is 9.41. The molecule has 1 atom stereocenters. The first-order valence-electron chi connectivity index (χ1n) is 6.53. The van der Waals surface area contributed by atoms with Gasteiger partial charge in [-0.3, -0.25) is 4.79 Å². The lowest BCUT2D eigenvalue weighted by molar-refractivity contribution is 0.0788. The SMILES string of the molecule is Cc1nc2c(n1C(C)C)C(c1ccc(Cl)s1)N(C)C2=O. The summed E-state index contributed by atoms with van der Waals surface area (Å²) in [7, 11) is 1.82. The van der Waals surface area contributed by atoms with Crippen molar-refractivity contribution in [3.63, 3.8) is 0 Å². The highest BCUT2D eigenvalue weighted by atomic mass is 35.5. The highest BCUT2D eigenvalue weighted by Gasteiger charge is 2.41. The number of carbonyl (C=O) groups is 1. The molecule has 2 aromatic rings. The van der Waals surface area contributed by atoms with Crippen LogP contribution in [0.5, 0.6) is 0 Å². The Hall–Kier alpha value is -1.33. The predicted molar refractivity (Wildman–Crippen MR) is 80.6 cm³/mol. The molecular formula is C14H16ClN3OS. The Kier molecular flexibility index (Phi) is 3.14. The predicted octanol–water partition coefficient (Wildman–Crippen LogP) is 3.66. The molecule has 0 saturated carbocycles. The minimum absolute atomic E-state index is 0.0166. The first-order valence-corrected chi connectivity index (χ1v) is 7.72. The molecule has 1 unspecified atom stereocenters. The van der Waals surface area contributed by atoms with Crippen LogP contribution >= 0.6 is 22.9 Å². The van der Waals surface area contributed by atoms with Crippen molar-refractivity contribution in [3.05, 3.63) is 38.6 Å². The maximum Gasteiger partial charge on any atom is 0.275 e. The number of amides is 1. The molecule has 6 heteroatoms. The van der Waals surface area contributed by atoms with E-state index in [0.29, 0.717) is 5.69 Å². The summed E-state index contributed by atoms with van der Waals surface area (Å²) in [6.45, 7) is 6.16. The zero-order valence-electron chi connectivity index (χ0n) is 11.8. The first kappa shape index (κ1) is 13.6. The van der Waals surface area contributed by atoms with Gasteiger partial charge in [0.15, 0.2) is 5.69 Å². The van der Waals surface area contributed by atoms with Gasteiger partial charge in [-0.15, -0.1) is 11.3 Å². The van der Waals surface area contributed by atoms with E-state index in [9.17, 15) is 4.79 Å². The van der Waals surface area contributed by atoms with E-state index in [1.807, 2.05) is 26.1 Å². The summed E-state index contributed by atoms with van der Waals surface area (Å²) in [5, 5.41) is 0. The molecule has 0 spiro atoms. The third kappa shape index (κ3) is 1.80. The fourth-order valence-electron chi connectivity index (χ4n) is 2.90. The molecule has 0 aliphatic carbocycles. The van der Waals surface area contributed by atoms with E-state index < -0.39 is 0 Å². The number of halogens is 1. The van der Waals surface area contributed by atoms with Gasteiger partial charge < -0.3 is 9.47 Å². The number of carbonyl (C=O) groups excluding carboxylic acids is 1. The van der Waals surface area contributed by atoms with E-state index in [1.165, 1.54) is 11.3 Å². The van der Waals surface area contributed by atoms with Gasteiger partial charge in [0, 0.05) is 18.0 Å². The molecule has 1 aliphatic heterocycles. The third-order valence-electron chi connectivity index (χ3n) is 3.67. The molecule has 0 fully saturated rings. The Morgan fingerprint density at radius 3 is 2.65 bits per heavy atom. The number of rotatable bonds is 2. The zero-order chi connectivity index (χ0) is 14.6. The minimum atomic E-state index is -0.0846. The van der Waals surface area contributed by atoms with E-state index >= 15 is 0 Å². The Labute approximate surface area is 127 Å².